The van der Waals surface area contributed by atoms with Gasteiger partial charge in [0.05, 0.1) is 6.10 Å². The molecule has 1 amide bonds. The number of rotatable bonds is 2. The van der Waals surface area contributed by atoms with Crippen LogP contribution in [0, 0.1) is 0 Å². The lowest BCUT2D eigenvalue weighted by atomic mass is 9.99. The molecule has 1 rings (SSSR count). The molecule has 0 bridgehead atoms. The summed E-state index contributed by atoms with van der Waals surface area (Å²) < 4.78 is 5.11. The Bertz CT molecular complexity index is 257. The van der Waals surface area contributed by atoms with Gasteiger partial charge in [0, 0.05) is 0 Å². The maximum atomic E-state index is 11.0. The molecule has 5 atom stereocenters. The third-order valence-electron chi connectivity index (χ3n) is 2.32. The minimum atomic E-state index is -1.36. The van der Waals surface area contributed by atoms with Gasteiger partial charge in [0.1, 0.15) is 18.3 Å². The molecule has 86 valence electrons. The molecule has 1 saturated heterocycles. The van der Waals surface area contributed by atoms with Crippen molar-refractivity contribution >= 4 is 5.91 Å². The largest absolute Gasteiger partial charge is 0.388 e. The van der Waals surface area contributed by atoms with E-state index in [9.17, 15) is 20.1 Å². The molecule has 0 radical (unpaired) electrons. The fourth-order valence-electron chi connectivity index (χ4n) is 1.37. The van der Waals surface area contributed by atoms with E-state index in [1.54, 1.807) is 0 Å². The van der Waals surface area contributed by atoms with Gasteiger partial charge in [0.25, 0.3) is 0 Å². The van der Waals surface area contributed by atoms with Crippen LogP contribution in [-0.4, -0.2) is 51.9 Å². The molecule has 4 N–H and O–H groups in total. The van der Waals surface area contributed by atoms with Crippen molar-refractivity contribution in [2.24, 2.45) is 0 Å². The highest BCUT2D eigenvalue weighted by molar-refractivity contribution is 5.87. The van der Waals surface area contributed by atoms with Crippen LogP contribution in [0.5, 0.6) is 0 Å². The van der Waals surface area contributed by atoms with Crippen LogP contribution in [0.1, 0.15) is 6.92 Å². The smallest absolute Gasteiger partial charge is 0.245 e. The minimum absolute atomic E-state index is 0.519. The molecule has 1 fully saturated rings. The first-order chi connectivity index (χ1) is 6.97. The Hall–Kier alpha value is -0.950. The fraction of sp³-hybridized carbons (Fsp3) is 0.667. The normalized spacial score (nSPS) is 40.9. The summed E-state index contributed by atoms with van der Waals surface area (Å²) in [6.45, 7) is 4.78. The molecule has 0 saturated carbocycles. The van der Waals surface area contributed by atoms with E-state index in [1.165, 1.54) is 6.92 Å². The Balaban J connectivity index is 2.66. The summed E-state index contributed by atoms with van der Waals surface area (Å²) >= 11 is 0. The quantitative estimate of drug-likeness (QED) is 0.406. The van der Waals surface area contributed by atoms with E-state index < -0.39 is 36.6 Å². The Kier molecular flexibility index (Phi) is 3.81. The molecular formula is C9H15NO5. The maximum absolute atomic E-state index is 11.0. The van der Waals surface area contributed by atoms with E-state index in [0.29, 0.717) is 0 Å². The number of amides is 1. The van der Waals surface area contributed by atoms with Gasteiger partial charge < -0.3 is 25.4 Å². The maximum Gasteiger partial charge on any atom is 0.245 e. The lowest BCUT2D eigenvalue weighted by molar-refractivity contribution is -0.224. The predicted molar refractivity (Wildman–Crippen MR) is 50.7 cm³/mol. The van der Waals surface area contributed by atoms with Gasteiger partial charge in [-0.1, -0.05) is 6.58 Å². The minimum Gasteiger partial charge on any atom is -0.388 e. The van der Waals surface area contributed by atoms with Crippen molar-refractivity contribution in [3.8, 4) is 0 Å². The van der Waals surface area contributed by atoms with Gasteiger partial charge in [-0.2, -0.15) is 0 Å². The van der Waals surface area contributed by atoms with Gasteiger partial charge in [0.15, 0.2) is 6.23 Å². The number of carbonyl (C=O) groups is 1. The number of carbonyl (C=O) groups excluding carboxylic acids is 1. The molecule has 0 aromatic heterocycles. The number of aliphatic hydroxyl groups excluding tert-OH is 3. The Morgan fingerprint density at radius 3 is 2.47 bits per heavy atom. The van der Waals surface area contributed by atoms with Crippen molar-refractivity contribution in [3.63, 3.8) is 0 Å². The third-order valence-corrected chi connectivity index (χ3v) is 2.32. The number of ether oxygens (including phenoxy) is 1. The molecule has 6 nitrogen and oxygen atoms in total. The summed E-state index contributed by atoms with van der Waals surface area (Å²) in [6, 6.07) is 0. The van der Waals surface area contributed by atoms with Crippen molar-refractivity contribution in [1.29, 1.82) is 0 Å². The molecule has 0 spiro atoms. The highest BCUT2D eigenvalue weighted by atomic mass is 16.5. The predicted octanol–water partition coefficient (Wildman–Crippen LogP) is -1.88. The monoisotopic (exact) mass is 217 g/mol. The zero-order chi connectivity index (χ0) is 11.6. The van der Waals surface area contributed by atoms with Crippen molar-refractivity contribution in [2.75, 3.05) is 0 Å². The summed E-state index contributed by atoms with van der Waals surface area (Å²) in [6.07, 6.45) is -4.55. The molecule has 0 aromatic carbocycles. The Morgan fingerprint density at radius 2 is 1.93 bits per heavy atom. The van der Waals surface area contributed by atoms with Gasteiger partial charge >= 0.3 is 0 Å². The number of hydrogen-bond acceptors (Lipinski definition) is 5. The highest BCUT2D eigenvalue weighted by Crippen LogP contribution is 2.19. The van der Waals surface area contributed by atoms with Gasteiger partial charge in [-0.05, 0) is 13.0 Å². The lowest BCUT2D eigenvalue weighted by Crippen LogP contribution is -2.61. The highest BCUT2D eigenvalue weighted by Gasteiger charge is 2.42. The van der Waals surface area contributed by atoms with Crippen molar-refractivity contribution in [1.82, 2.24) is 5.32 Å². The van der Waals surface area contributed by atoms with Gasteiger partial charge in [-0.25, -0.2) is 0 Å². The second kappa shape index (κ2) is 4.71. The Labute approximate surface area is 87.2 Å². The average molecular weight is 217 g/mol. The van der Waals surface area contributed by atoms with Crippen LogP contribution < -0.4 is 5.32 Å². The van der Waals surface area contributed by atoms with E-state index in [4.69, 9.17) is 4.74 Å². The van der Waals surface area contributed by atoms with Gasteiger partial charge in [0.2, 0.25) is 5.91 Å². The van der Waals surface area contributed by atoms with Crippen LogP contribution >= 0.6 is 0 Å². The van der Waals surface area contributed by atoms with Crippen molar-refractivity contribution < 1.29 is 24.9 Å². The van der Waals surface area contributed by atoms with Crippen LogP contribution in [0.25, 0.3) is 0 Å². The van der Waals surface area contributed by atoms with E-state index >= 15 is 0 Å². The van der Waals surface area contributed by atoms with E-state index in [1.807, 2.05) is 0 Å². The standard InChI is InChI=1S/C9H15NO5/c1-3-5(11)10-9-8(14)7(13)6(12)4(2)15-9/h3-4,6-9,12-14H,1H2,2H3,(H,10,11)/t4-,6-,7+,8+,9-/m1/s1. The molecular weight excluding hydrogens is 202 g/mol. The SMILES string of the molecule is C=CC(=O)N[C@@H]1O[C@H](C)[C@@H](O)[C@H](O)[C@@H]1O. The molecule has 15 heavy (non-hydrogen) atoms. The summed E-state index contributed by atoms with van der Waals surface area (Å²) in [5, 5.41) is 30.6. The lowest BCUT2D eigenvalue weighted by Gasteiger charge is -2.39. The first-order valence-corrected chi connectivity index (χ1v) is 4.60. The van der Waals surface area contributed by atoms with Crippen LogP contribution in [0.3, 0.4) is 0 Å². The van der Waals surface area contributed by atoms with E-state index in [0.717, 1.165) is 6.08 Å². The molecule has 0 aliphatic carbocycles. The molecule has 1 aliphatic rings. The second-order valence-corrected chi connectivity index (χ2v) is 3.45. The van der Waals surface area contributed by atoms with Crippen LogP contribution in [-0.2, 0) is 9.53 Å². The van der Waals surface area contributed by atoms with Crippen molar-refractivity contribution in [2.45, 2.75) is 37.6 Å². The van der Waals surface area contributed by atoms with Gasteiger partial charge in [-0.15, -0.1) is 0 Å². The van der Waals surface area contributed by atoms with Crippen molar-refractivity contribution in [3.05, 3.63) is 12.7 Å². The van der Waals surface area contributed by atoms with Crippen LogP contribution in [0.2, 0.25) is 0 Å². The summed E-state index contributed by atoms with van der Waals surface area (Å²) in [4.78, 5) is 11.0. The number of aliphatic hydroxyl groups is 3. The van der Waals surface area contributed by atoms with Crippen LogP contribution in [0.15, 0.2) is 12.7 Å². The number of hydrogen-bond donors (Lipinski definition) is 4. The zero-order valence-corrected chi connectivity index (χ0v) is 8.33. The molecule has 1 heterocycles. The second-order valence-electron chi connectivity index (χ2n) is 3.45. The summed E-state index contributed by atoms with van der Waals surface area (Å²) in [5.74, 6) is -0.519. The number of nitrogens with one attached hydrogen (secondary N) is 1. The topological polar surface area (TPSA) is 99.0 Å². The first-order valence-electron chi connectivity index (χ1n) is 4.60. The van der Waals surface area contributed by atoms with E-state index in [-0.39, 0.29) is 0 Å². The Morgan fingerprint density at radius 1 is 1.33 bits per heavy atom. The molecule has 6 heteroatoms. The molecule has 0 unspecified atom stereocenters. The van der Waals surface area contributed by atoms with E-state index in [2.05, 4.69) is 11.9 Å². The van der Waals surface area contributed by atoms with Crippen LogP contribution in [0.4, 0.5) is 0 Å². The first kappa shape index (κ1) is 12.1. The average Bonchev–Trinajstić information content (AvgIpc) is 2.22. The summed E-state index contributed by atoms with van der Waals surface area (Å²) in [7, 11) is 0. The molecule has 0 aromatic rings. The molecule has 1 aliphatic heterocycles. The fourth-order valence-corrected chi connectivity index (χ4v) is 1.37. The zero-order valence-electron chi connectivity index (χ0n) is 8.33. The summed E-state index contributed by atoms with van der Waals surface area (Å²) in [5.41, 5.74) is 0. The van der Waals surface area contributed by atoms with Gasteiger partial charge in [-0.3, -0.25) is 4.79 Å². The third kappa shape index (κ3) is 2.54.